The van der Waals surface area contributed by atoms with Crippen LogP contribution in [-0.4, -0.2) is 12.6 Å². The topological polar surface area (TPSA) is 12.0 Å². The molecule has 1 fully saturated rings. The van der Waals surface area contributed by atoms with E-state index in [1.165, 1.54) is 24.8 Å². The summed E-state index contributed by atoms with van der Waals surface area (Å²) in [5, 5.41) is 4.49. The van der Waals surface area contributed by atoms with Crippen LogP contribution in [0, 0.1) is 5.92 Å². The Bertz CT molecular complexity index is 402. The van der Waals surface area contributed by atoms with Gasteiger partial charge in [0, 0.05) is 23.0 Å². The van der Waals surface area contributed by atoms with Gasteiger partial charge in [-0.2, -0.15) is 0 Å². The number of rotatable bonds is 4. The van der Waals surface area contributed by atoms with E-state index in [1.807, 2.05) is 6.07 Å². The molecule has 1 aliphatic rings. The third-order valence-electron chi connectivity index (χ3n) is 4.43. The summed E-state index contributed by atoms with van der Waals surface area (Å²) in [5.41, 5.74) is 1.68. The molecular weight excluding hydrogens is 242 g/mol. The lowest BCUT2D eigenvalue weighted by Gasteiger charge is -2.36. The number of hydrogen-bond donors (Lipinski definition) is 1. The van der Waals surface area contributed by atoms with Gasteiger partial charge in [0.15, 0.2) is 0 Å². The fraction of sp³-hybridized carbons (Fsp3) is 0.625. The van der Waals surface area contributed by atoms with Gasteiger partial charge in [0.25, 0.3) is 0 Å². The predicted molar refractivity (Wildman–Crippen MR) is 79.3 cm³/mol. The summed E-state index contributed by atoms with van der Waals surface area (Å²) < 4.78 is 0. The Morgan fingerprint density at radius 1 is 1.44 bits per heavy atom. The molecule has 2 heteroatoms. The van der Waals surface area contributed by atoms with Gasteiger partial charge in [-0.15, -0.1) is 0 Å². The highest BCUT2D eigenvalue weighted by atomic mass is 35.5. The molecule has 2 unspecified atom stereocenters. The fourth-order valence-corrected chi connectivity index (χ4v) is 3.41. The molecule has 100 valence electrons. The summed E-state index contributed by atoms with van der Waals surface area (Å²) in [6.07, 6.45) is 3.92. The molecule has 0 amide bonds. The van der Waals surface area contributed by atoms with Crippen molar-refractivity contribution in [3.8, 4) is 0 Å². The molecule has 1 N–H and O–H groups in total. The van der Waals surface area contributed by atoms with E-state index in [4.69, 9.17) is 11.6 Å². The molecule has 1 aliphatic carbocycles. The smallest absolute Gasteiger partial charge is 0.0408 e. The van der Waals surface area contributed by atoms with Gasteiger partial charge in [0.2, 0.25) is 0 Å². The van der Waals surface area contributed by atoms with Crippen LogP contribution in [0.15, 0.2) is 24.3 Å². The molecule has 0 radical (unpaired) electrons. The molecule has 0 saturated heterocycles. The summed E-state index contributed by atoms with van der Waals surface area (Å²) in [6, 6.07) is 8.99. The highest BCUT2D eigenvalue weighted by Gasteiger charge is 2.41. The fourth-order valence-electron chi connectivity index (χ4n) is 3.22. The van der Waals surface area contributed by atoms with Crippen molar-refractivity contribution in [2.45, 2.75) is 51.5 Å². The Kier molecular flexibility index (Phi) is 4.34. The number of nitrogens with one attached hydrogen (secondary N) is 1. The van der Waals surface area contributed by atoms with Gasteiger partial charge < -0.3 is 5.32 Å². The Balaban J connectivity index is 2.30. The lowest BCUT2D eigenvalue weighted by molar-refractivity contribution is 0.308. The van der Waals surface area contributed by atoms with E-state index in [9.17, 15) is 0 Å². The Hall–Kier alpha value is -0.530. The van der Waals surface area contributed by atoms with Crippen LogP contribution in [0.1, 0.15) is 45.6 Å². The van der Waals surface area contributed by atoms with E-state index < -0.39 is 0 Å². The molecule has 0 aliphatic heterocycles. The minimum Gasteiger partial charge on any atom is -0.314 e. The average Bonchev–Trinajstić information content (AvgIpc) is 2.69. The maximum Gasteiger partial charge on any atom is 0.0408 e. The molecule has 0 bridgehead atoms. The van der Waals surface area contributed by atoms with Crippen LogP contribution in [0.25, 0.3) is 0 Å². The second-order valence-corrected chi connectivity index (χ2v) is 6.43. The van der Waals surface area contributed by atoms with Crippen molar-refractivity contribution in [1.29, 1.82) is 0 Å². The zero-order chi connectivity index (χ0) is 13.2. The molecule has 0 spiro atoms. The van der Waals surface area contributed by atoms with Crippen molar-refractivity contribution in [2.75, 3.05) is 6.54 Å². The summed E-state index contributed by atoms with van der Waals surface area (Å²) >= 11 is 6.18. The third kappa shape index (κ3) is 2.73. The van der Waals surface area contributed by atoms with Crippen LogP contribution in [0.4, 0.5) is 0 Å². The first-order chi connectivity index (χ1) is 8.54. The van der Waals surface area contributed by atoms with Crippen molar-refractivity contribution < 1.29 is 0 Å². The third-order valence-corrected chi connectivity index (χ3v) is 4.66. The second-order valence-electron chi connectivity index (χ2n) is 6.00. The molecule has 1 nitrogen and oxygen atoms in total. The number of benzene rings is 1. The zero-order valence-electron chi connectivity index (χ0n) is 11.7. The normalized spacial score (nSPS) is 27.9. The van der Waals surface area contributed by atoms with Crippen LogP contribution < -0.4 is 5.32 Å². The van der Waals surface area contributed by atoms with Crippen LogP contribution >= 0.6 is 11.6 Å². The quantitative estimate of drug-likeness (QED) is 0.851. The Morgan fingerprint density at radius 2 is 2.22 bits per heavy atom. The van der Waals surface area contributed by atoms with Crippen molar-refractivity contribution >= 4 is 11.6 Å². The van der Waals surface area contributed by atoms with Crippen molar-refractivity contribution in [2.24, 2.45) is 5.92 Å². The van der Waals surface area contributed by atoms with Gasteiger partial charge in [-0.05, 0) is 36.5 Å². The van der Waals surface area contributed by atoms with Gasteiger partial charge in [-0.3, -0.25) is 0 Å². The van der Waals surface area contributed by atoms with Crippen molar-refractivity contribution in [3.05, 3.63) is 34.9 Å². The minimum atomic E-state index is 0.273. The summed E-state index contributed by atoms with van der Waals surface area (Å²) in [7, 11) is 0. The summed E-state index contributed by atoms with van der Waals surface area (Å²) in [6.45, 7) is 7.87. The molecule has 2 atom stereocenters. The first-order valence-corrected chi connectivity index (χ1v) is 7.42. The van der Waals surface area contributed by atoms with Gasteiger partial charge in [0.05, 0.1) is 0 Å². The molecule has 1 saturated carbocycles. The minimum absolute atomic E-state index is 0.273. The lowest BCUT2D eigenvalue weighted by Crippen LogP contribution is -2.42. The van der Waals surface area contributed by atoms with Gasteiger partial charge in [-0.25, -0.2) is 0 Å². The summed E-state index contributed by atoms with van der Waals surface area (Å²) in [5.74, 6) is 0.724. The van der Waals surface area contributed by atoms with Crippen LogP contribution in [0.5, 0.6) is 0 Å². The lowest BCUT2D eigenvalue weighted by atomic mass is 9.72. The van der Waals surface area contributed by atoms with E-state index in [-0.39, 0.29) is 5.41 Å². The van der Waals surface area contributed by atoms with E-state index >= 15 is 0 Å². The monoisotopic (exact) mass is 265 g/mol. The Morgan fingerprint density at radius 3 is 2.78 bits per heavy atom. The average molecular weight is 266 g/mol. The van der Waals surface area contributed by atoms with Crippen molar-refractivity contribution in [3.63, 3.8) is 0 Å². The first-order valence-electron chi connectivity index (χ1n) is 7.04. The molecule has 2 rings (SSSR count). The highest BCUT2D eigenvalue weighted by Crippen LogP contribution is 2.45. The molecule has 18 heavy (non-hydrogen) atoms. The predicted octanol–water partition coefficient (Wildman–Crippen LogP) is 4.40. The first kappa shape index (κ1) is 13.9. The molecule has 1 aromatic carbocycles. The standard InChI is InChI=1S/C16H24ClN/c1-12(2)18-11-16(9-5-6-13(16)3)14-7-4-8-15(17)10-14/h4,7-8,10,12-13,18H,5-6,9,11H2,1-3H3. The van der Waals surface area contributed by atoms with Crippen LogP contribution in [-0.2, 0) is 5.41 Å². The largest absolute Gasteiger partial charge is 0.314 e. The van der Waals surface area contributed by atoms with Crippen LogP contribution in [0.3, 0.4) is 0 Å². The van der Waals surface area contributed by atoms with E-state index in [1.54, 1.807) is 0 Å². The second kappa shape index (κ2) is 5.63. The maximum atomic E-state index is 6.18. The molecule has 1 aromatic rings. The Labute approximate surface area is 116 Å². The zero-order valence-corrected chi connectivity index (χ0v) is 12.4. The maximum absolute atomic E-state index is 6.18. The molecular formula is C16H24ClN. The SMILES string of the molecule is CC(C)NCC1(c2cccc(Cl)c2)CCCC1C. The van der Waals surface area contributed by atoms with E-state index in [2.05, 4.69) is 44.3 Å². The number of halogens is 1. The highest BCUT2D eigenvalue weighted by molar-refractivity contribution is 6.30. The van der Waals surface area contributed by atoms with Gasteiger partial charge >= 0.3 is 0 Å². The summed E-state index contributed by atoms with van der Waals surface area (Å²) in [4.78, 5) is 0. The molecule has 0 aromatic heterocycles. The van der Waals surface area contributed by atoms with Crippen molar-refractivity contribution in [1.82, 2.24) is 5.32 Å². The van der Waals surface area contributed by atoms with E-state index in [0.717, 1.165) is 17.5 Å². The van der Waals surface area contributed by atoms with Gasteiger partial charge in [0.1, 0.15) is 0 Å². The molecule has 0 heterocycles. The number of hydrogen-bond acceptors (Lipinski definition) is 1. The van der Waals surface area contributed by atoms with E-state index in [0.29, 0.717) is 6.04 Å². The van der Waals surface area contributed by atoms with Gasteiger partial charge in [-0.1, -0.05) is 50.9 Å². The van der Waals surface area contributed by atoms with Crippen LogP contribution in [0.2, 0.25) is 5.02 Å².